The highest BCUT2D eigenvalue weighted by molar-refractivity contribution is 5.33. The van der Waals surface area contributed by atoms with E-state index in [0.29, 0.717) is 17.9 Å². The maximum Gasteiger partial charge on any atom is 0.328 e. The van der Waals surface area contributed by atoms with E-state index in [2.05, 4.69) is 4.98 Å². The van der Waals surface area contributed by atoms with Gasteiger partial charge in [0.2, 0.25) is 0 Å². The molecule has 18 heavy (non-hydrogen) atoms. The van der Waals surface area contributed by atoms with Crippen LogP contribution in [0.1, 0.15) is 11.1 Å². The van der Waals surface area contributed by atoms with Gasteiger partial charge in [-0.15, -0.1) is 0 Å². The van der Waals surface area contributed by atoms with Gasteiger partial charge in [-0.3, -0.25) is 14.3 Å². The summed E-state index contributed by atoms with van der Waals surface area (Å²) in [5.74, 6) is 0.716. The minimum Gasteiger partial charge on any atom is -0.496 e. The van der Waals surface area contributed by atoms with Crippen molar-refractivity contribution in [3.05, 3.63) is 62.4 Å². The van der Waals surface area contributed by atoms with Gasteiger partial charge < -0.3 is 4.74 Å². The van der Waals surface area contributed by atoms with Gasteiger partial charge in [0.05, 0.1) is 13.7 Å². The summed E-state index contributed by atoms with van der Waals surface area (Å²) in [6.07, 6.45) is 1.55. The molecule has 0 amide bonds. The third kappa shape index (κ3) is 2.34. The van der Waals surface area contributed by atoms with Crippen LogP contribution < -0.4 is 16.0 Å². The van der Waals surface area contributed by atoms with E-state index in [9.17, 15) is 9.59 Å². The van der Waals surface area contributed by atoms with Crippen LogP contribution in [0.3, 0.4) is 0 Å². The third-order valence-corrected chi connectivity index (χ3v) is 2.72. The quantitative estimate of drug-likeness (QED) is 0.875. The molecule has 5 nitrogen and oxygen atoms in total. The van der Waals surface area contributed by atoms with Gasteiger partial charge in [0.25, 0.3) is 5.56 Å². The lowest BCUT2D eigenvalue weighted by Crippen LogP contribution is -2.31. The topological polar surface area (TPSA) is 64.1 Å². The zero-order valence-electron chi connectivity index (χ0n) is 10.3. The summed E-state index contributed by atoms with van der Waals surface area (Å²) in [5, 5.41) is 0. The number of H-pyrrole nitrogens is 1. The molecule has 0 bridgehead atoms. The standard InChI is InChI=1S/C13H14N2O3/c1-9-7-15(13(17)14-12(9)16)8-10-5-3-4-6-11(10)18-2/h3-7H,8H2,1-2H3,(H,14,16,17). The molecule has 5 heteroatoms. The predicted octanol–water partition coefficient (Wildman–Crippen LogP) is 0.902. The zero-order chi connectivity index (χ0) is 13.1. The molecular weight excluding hydrogens is 232 g/mol. The Morgan fingerprint density at radius 1 is 1.28 bits per heavy atom. The summed E-state index contributed by atoms with van der Waals surface area (Å²) in [6, 6.07) is 7.45. The van der Waals surface area contributed by atoms with E-state index >= 15 is 0 Å². The summed E-state index contributed by atoms with van der Waals surface area (Å²) < 4.78 is 6.68. The third-order valence-electron chi connectivity index (χ3n) is 2.72. The Balaban J connectivity index is 2.43. The monoisotopic (exact) mass is 246 g/mol. The van der Waals surface area contributed by atoms with Gasteiger partial charge in [0.15, 0.2) is 0 Å². The fourth-order valence-corrected chi connectivity index (χ4v) is 1.75. The Morgan fingerprint density at radius 3 is 2.72 bits per heavy atom. The molecule has 0 spiro atoms. The van der Waals surface area contributed by atoms with Crippen molar-refractivity contribution in [2.75, 3.05) is 7.11 Å². The van der Waals surface area contributed by atoms with Gasteiger partial charge in [-0.05, 0) is 13.0 Å². The summed E-state index contributed by atoms with van der Waals surface area (Å²) in [4.78, 5) is 25.2. The molecule has 0 saturated heterocycles. The van der Waals surface area contributed by atoms with Crippen LogP contribution in [0.25, 0.3) is 0 Å². The first-order chi connectivity index (χ1) is 8.61. The van der Waals surface area contributed by atoms with Crippen molar-refractivity contribution in [1.29, 1.82) is 0 Å². The molecule has 0 saturated carbocycles. The molecule has 94 valence electrons. The largest absolute Gasteiger partial charge is 0.496 e. The number of nitrogens with zero attached hydrogens (tertiary/aromatic N) is 1. The van der Waals surface area contributed by atoms with E-state index in [1.807, 2.05) is 24.3 Å². The summed E-state index contributed by atoms with van der Waals surface area (Å²) >= 11 is 0. The molecule has 0 radical (unpaired) electrons. The summed E-state index contributed by atoms with van der Waals surface area (Å²) in [5.41, 5.74) is 0.617. The van der Waals surface area contributed by atoms with Crippen LogP contribution in [0.2, 0.25) is 0 Å². The van der Waals surface area contributed by atoms with Crippen LogP contribution in [-0.4, -0.2) is 16.7 Å². The minimum atomic E-state index is -0.420. The van der Waals surface area contributed by atoms with Crippen molar-refractivity contribution in [3.63, 3.8) is 0 Å². The maximum absolute atomic E-state index is 11.7. The average Bonchev–Trinajstić information content (AvgIpc) is 2.36. The molecule has 1 aromatic heterocycles. The molecule has 0 aliphatic rings. The van der Waals surface area contributed by atoms with Crippen molar-refractivity contribution >= 4 is 0 Å². The van der Waals surface area contributed by atoms with E-state index < -0.39 is 5.69 Å². The molecule has 1 heterocycles. The number of methoxy groups -OCH3 is 1. The Morgan fingerprint density at radius 2 is 2.00 bits per heavy atom. The molecular formula is C13H14N2O3. The van der Waals surface area contributed by atoms with Crippen molar-refractivity contribution in [2.45, 2.75) is 13.5 Å². The van der Waals surface area contributed by atoms with E-state index in [1.165, 1.54) is 4.57 Å². The molecule has 0 fully saturated rings. The van der Waals surface area contributed by atoms with Crippen LogP contribution in [0.5, 0.6) is 5.75 Å². The van der Waals surface area contributed by atoms with E-state index in [-0.39, 0.29) is 5.56 Å². The molecule has 0 atom stereocenters. The number of hydrogen-bond donors (Lipinski definition) is 1. The fourth-order valence-electron chi connectivity index (χ4n) is 1.75. The number of ether oxygens (including phenoxy) is 1. The first kappa shape index (κ1) is 12.2. The van der Waals surface area contributed by atoms with Crippen molar-refractivity contribution in [2.24, 2.45) is 0 Å². The molecule has 0 aliphatic carbocycles. The molecule has 0 aliphatic heterocycles. The highest BCUT2D eigenvalue weighted by Gasteiger charge is 2.05. The van der Waals surface area contributed by atoms with E-state index in [4.69, 9.17) is 4.74 Å². The first-order valence-corrected chi connectivity index (χ1v) is 5.54. The Kier molecular flexibility index (Phi) is 3.32. The number of para-hydroxylation sites is 1. The van der Waals surface area contributed by atoms with Crippen LogP contribution in [-0.2, 0) is 6.54 Å². The lowest BCUT2D eigenvalue weighted by molar-refractivity contribution is 0.408. The average molecular weight is 246 g/mol. The highest BCUT2D eigenvalue weighted by Crippen LogP contribution is 2.17. The Labute approximate surface area is 104 Å². The SMILES string of the molecule is COc1ccccc1Cn1cc(C)c(=O)[nH]c1=O. The van der Waals surface area contributed by atoms with E-state index in [0.717, 1.165) is 5.56 Å². The van der Waals surface area contributed by atoms with Crippen molar-refractivity contribution in [1.82, 2.24) is 9.55 Å². The lowest BCUT2D eigenvalue weighted by Gasteiger charge is -2.10. The molecule has 2 rings (SSSR count). The maximum atomic E-state index is 11.7. The predicted molar refractivity (Wildman–Crippen MR) is 68.2 cm³/mol. The number of benzene rings is 1. The van der Waals surface area contributed by atoms with Crippen LogP contribution in [0.4, 0.5) is 0 Å². The number of rotatable bonds is 3. The molecule has 2 aromatic rings. The van der Waals surface area contributed by atoms with Crippen molar-refractivity contribution < 1.29 is 4.74 Å². The van der Waals surface area contributed by atoms with Crippen LogP contribution in [0, 0.1) is 6.92 Å². The number of hydrogen-bond acceptors (Lipinski definition) is 3. The van der Waals surface area contributed by atoms with Gasteiger partial charge in [-0.2, -0.15) is 0 Å². The highest BCUT2D eigenvalue weighted by atomic mass is 16.5. The van der Waals surface area contributed by atoms with Crippen molar-refractivity contribution in [3.8, 4) is 5.75 Å². The smallest absolute Gasteiger partial charge is 0.328 e. The van der Waals surface area contributed by atoms with Gasteiger partial charge in [-0.1, -0.05) is 18.2 Å². The zero-order valence-corrected chi connectivity index (χ0v) is 10.3. The number of nitrogens with one attached hydrogen (secondary N) is 1. The van der Waals surface area contributed by atoms with Gasteiger partial charge in [0.1, 0.15) is 5.75 Å². The van der Waals surface area contributed by atoms with Gasteiger partial charge in [0, 0.05) is 17.3 Å². The number of aryl methyl sites for hydroxylation is 1. The number of aromatic amines is 1. The number of aromatic nitrogens is 2. The van der Waals surface area contributed by atoms with Crippen LogP contribution in [0.15, 0.2) is 40.1 Å². The van der Waals surface area contributed by atoms with Gasteiger partial charge in [-0.25, -0.2) is 4.79 Å². The van der Waals surface area contributed by atoms with E-state index in [1.54, 1.807) is 20.2 Å². The first-order valence-electron chi connectivity index (χ1n) is 5.54. The minimum absolute atomic E-state index is 0.351. The second-order valence-electron chi connectivity index (χ2n) is 4.01. The second kappa shape index (κ2) is 4.91. The molecule has 0 unspecified atom stereocenters. The summed E-state index contributed by atoms with van der Waals surface area (Å²) in [6.45, 7) is 2.03. The Hall–Kier alpha value is -2.30. The summed E-state index contributed by atoms with van der Waals surface area (Å²) in [7, 11) is 1.58. The normalized spacial score (nSPS) is 10.3. The van der Waals surface area contributed by atoms with Crippen LogP contribution >= 0.6 is 0 Å². The lowest BCUT2D eigenvalue weighted by atomic mass is 10.2. The van der Waals surface area contributed by atoms with Gasteiger partial charge >= 0.3 is 5.69 Å². The fraction of sp³-hybridized carbons (Fsp3) is 0.231. The second-order valence-corrected chi connectivity index (χ2v) is 4.01. The Bertz CT molecular complexity index is 670. The molecule has 1 aromatic carbocycles. The molecule has 1 N–H and O–H groups in total.